The molecule has 0 radical (unpaired) electrons. The largest absolute Gasteiger partial charge is 0.317 e. The Kier molecular flexibility index (Phi) is 5.39. The number of aryl methyl sites for hydroxylation is 2. The van der Waals surface area contributed by atoms with Crippen LogP contribution in [-0.4, -0.2) is 23.1 Å². The second kappa shape index (κ2) is 7.27. The highest BCUT2D eigenvalue weighted by molar-refractivity contribution is 5.27. The van der Waals surface area contributed by atoms with Gasteiger partial charge in [-0.15, -0.1) is 0 Å². The molecule has 0 atom stereocenters. The van der Waals surface area contributed by atoms with Crippen molar-refractivity contribution in [2.45, 2.75) is 33.6 Å². The molecule has 4 heteroatoms. The first-order chi connectivity index (χ1) is 10.1. The van der Waals surface area contributed by atoms with Gasteiger partial charge in [-0.05, 0) is 50.6 Å². The molecule has 0 aliphatic rings. The van der Waals surface area contributed by atoms with Gasteiger partial charge in [0.2, 0.25) is 0 Å². The zero-order chi connectivity index (χ0) is 15.2. The number of hydrogen-bond donors (Lipinski definition) is 1. The van der Waals surface area contributed by atoms with Crippen molar-refractivity contribution in [1.82, 2.24) is 15.3 Å². The molecular formula is C17H22FN3. The van der Waals surface area contributed by atoms with Gasteiger partial charge < -0.3 is 5.32 Å². The van der Waals surface area contributed by atoms with Gasteiger partial charge in [0.15, 0.2) is 0 Å². The van der Waals surface area contributed by atoms with Crippen LogP contribution < -0.4 is 5.32 Å². The number of rotatable bonds is 6. The molecule has 1 aromatic heterocycles. The molecule has 1 aromatic carbocycles. The van der Waals surface area contributed by atoms with E-state index in [0.29, 0.717) is 17.8 Å². The van der Waals surface area contributed by atoms with Crippen LogP contribution in [0.1, 0.15) is 35.3 Å². The first-order valence-electron chi connectivity index (χ1n) is 7.39. The van der Waals surface area contributed by atoms with Crippen molar-refractivity contribution >= 4 is 0 Å². The fraction of sp³-hybridized carbons (Fsp3) is 0.412. The summed E-state index contributed by atoms with van der Waals surface area (Å²) in [5, 5.41) is 3.31. The van der Waals surface area contributed by atoms with Crippen LogP contribution in [0.5, 0.6) is 0 Å². The highest BCUT2D eigenvalue weighted by Crippen LogP contribution is 2.15. The standard InChI is InChI=1S/C17H22FN3/c1-4-19-10-9-15-12(2)20-17(21-13(15)3)11-14-7-5-6-8-16(14)18/h5-8,19H,4,9-11H2,1-3H3. The molecular weight excluding hydrogens is 265 g/mol. The summed E-state index contributed by atoms with van der Waals surface area (Å²) in [5.41, 5.74) is 3.81. The minimum absolute atomic E-state index is 0.201. The number of likely N-dealkylation sites (N-methyl/N-ethyl adjacent to an activating group) is 1. The molecule has 0 saturated carbocycles. The summed E-state index contributed by atoms with van der Waals surface area (Å²) >= 11 is 0. The highest BCUT2D eigenvalue weighted by Gasteiger charge is 2.10. The van der Waals surface area contributed by atoms with Crippen molar-refractivity contribution in [3.63, 3.8) is 0 Å². The van der Waals surface area contributed by atoms with Gasteiger partial charge in [0.1, 0.15) is 11.6 Å². The Morgan fingerprint density at radius 2 is 1.76 bits per heavy atom. The third-order valence-electron chi connectivity index (χ3n) is 3.58. The van der Waals surface area contributed by atoms with Crippen molar-refractivity contribution in [3.05, 3.63) is 58.4 Å². The quantitative estimate of drug-likeness (QED) is 0.830. The second-order valence-electron chi connectivity index (χ2n) is 5.16. The maximum Gasteiger partial charge on any atom is 0.133 e. The van der Waals surface area contributed by atoms with E-state index in [1.54, 1.807) is 12.1 Å². The number of benzene rings is 1. The van der Waals surface area contributed by atoms with Gasteiger partial charge in [-0.25, -0.2) is 14.4 Å². The Morgan fingerprint density at radius 1 is 1.10 bits per heavy atom. The Hall–Kier alpha value is -1.81. The third kappa shape index (κ3) is 4.08. The fourth-order valence-corrected chi connectivity index (χ4v) is 2.45. The molecule has 0 unspecified atom stereocenters. The number of aromatic nitrogens is 2. The van der Waals surface area contributed by atoms with Gasteiger partial charge >= 0.3 is 0 Å². The van der Waals surface area contributed by atoms with Crippen LogP contribution in [0.2, 0.25) is 0 Å². The highest BCUT2D eigenvalue weighted by atomic mass is 19.1. The van der Waals surface area contributed by atoms with Crippen molar-refractivity contribution in [1.29, 1.82) is 0 Å². The number of nitrogens with one attached hydrogen (secondary N) is 1. The Bertz CT molecular complexity index is 588. The van der Waals surface area contributed by atoms with Crippen LogP contribution in [0.15, 0.2) is 24.3 Å². The van der Waals surface area contributed by atoms with Gasteiger partial charge in [-0.3, -0.25) is 0 Å². The number of nitrogens with zero attached hydrogens (tertiary/aromatic N) is 2. The Labute approximate surface area is 125 Å². The van der Waals surface area contributed by atoms with Crippen molar-refractivity contribution in [3.8, 4) is 0 Å². The smallest absolute Gasteiger partial charge is 0.133 e. The molecule has 0 fully saturated rings. The summed E-state index contributed by atoms with van der Waals surface area (Å²) in [4.78, 5) is 9.09. The third-order valence-corrected chi connectivity index (χ3v) is 3.58. The lowest BCUT2D eigenvalue weighted by atomic mass is 10.1. The van der Waals surface area contributed by atoms with Gasteiger partial charge in [0, 0.05) is 17.8 Å². The van der Waals surface area contributed by atoms with Crippen LogP contribution >= 0.6 is 0 Å². The maximum atomic E-state index is 13.7. The number of hydrogen-bond acceptors (Lipinski definition) is 3. The Morgan fingerprint density at radius 3 is 2.38 bits per heavy atom. The molecule has 1 heterocycles. The molecule has 0 aliphatic carbocycles. The molecule has 2 aromatic rings. The average molecular weight is 287 g/mol. The molecule has 0 spiro atoms. The summed E-state index contributed by atoms with van der Waals surface area (Å²) in [6.45, 7) is 7.98. The zero-order valence-electron chi connectivity index (χ0n) is 12.9. The van der Waals surface area contributed by atoms with E-state index in [2.05, 4.69) is 22.2 Å². The zero-order valence-corrected chi connectivity index (χ0v) is 12.9. The molecule has 112 valence electrons. The van der Waals surface area contributed by atoms with Crippen LogP contribution in [0.25, 0.3) is 0 Å². The summed E-state index contributed by atoms with van der Waals surface area (Å²) in [6.07, 6.45) is 1.35. The van der Waals surface area contributed by atoms with Gasteiger partial charge in [-0.1, -0.05) is 25.1 Å². The van der Waals surface area contributed by atoms with Crippen LogP contribution in [0, 0.1) is 19.7 Å². The van der Waals surface area contributed by atoms with Crippen LogP contribution in [-0.2, 0) is 12.8 Å². The van der Waals surface area contributed by atoms with E-state index >= 15 is 0 Å². The molecule has 1 N–H and O–H groups in total. The normalized spacial score (nSPS) is 10.9. The summed E-state index contributed by atoms with van der Waals surface area (Å²) in [7, 11) is 0. The van der Waals surface area contributed by atoms with E-state index in [0.717, 1.165) is 30.9 Å². The molecule has 3 nitrogen and oxygen atoms in total. The minimum Gasteiger partial charge on any atom is -0.317 e. The molecule has 21 heavy (non-hydrogen) atoms. The lowest BCUT2D eigenvalue weighted by Gasteiger charge is -2.11. The summed E-state index contributed by atoms with van der Waals surface area (Å²) < 4.78 is 13.7. The predicted molar refractivity (Wildman–Crippen MR) is 83.0 cm³/mol. The van der Waals surface area contributed by atoms with E-state index in [9.17, 15) is 4.39 Å². The maximum absolute atomic E-state index is 13.7. The van der Waals surface area contributed by atoms with Crippen molar-refractivity contribution in [2.75, 3.05) is 13.1 Å². The van der Waals surface area contributed by atoms with E-state index in [1.807, 2.05) is 19.9 Å². The lowest BCUT2D eigenvalue weighted by Crippen LogP contribution is -2.18. The second-order valence-corrected chi connectivity index (χ2v) is 5.16. The molecule has 2 rings (SSSR count). The molecule has 0 saturated heterocycles. The van der Waals surface area contributed by atoms with E-state index in [-0.39, 0.29) is 5.82 Å². The summed E-state index contributed by atoms with van der Waals surface area (Å²) in [6, 6.07) is 6.78. The van der Waals surface area contributed by atoms with Crippen LogP contribution in [0.3, 0.4) is 0 Å². The van der Waals surface area contributed by atoms with Crippen LogP contribution in [0.4, 0.5) is 4.39 Å². The van der Waals surface area contributed by atoms with Crippen molar-refractivity contribution in [2.24, 2.45) is 0 Å². The van der Waals surface area contributed by atoms with Crippen molar-refractivity contribution < 1.29 is 4.39 Å². The monoisotopic (exact) mass is 287 g/mol. The average Bonchev–Trinajstić information content (AvgIpc) is 2.44. The van der Waals surface area contributed by atoms with Gasteiger partial charge in [0.05, 0.1) is 0 Å². The molecule has 0 bridgehead atoms. The number of halogens is 1. The fourth-order valence-electron chi connectivity index (χ4n) is 2.45. The molecule has 0 amide bonds. The first-order valence-corrected chi connectivity index (χ1v) is 7.39. The minimum atomic E-state index is -0.201. The SMILES string of the molecule is CCNCCc1c(C)nc(Cc2ccccc2F)nc1C. The topological polar surface area (TPSA) is 37.8 Å². The van der Waals surface area contributed by atoms with Gasteiger partial charge in [-0.2, -0.15) is 0 Å². The predicted octanol–water partition coefficient (Wildman–Crippen LogP) is 2.98. The Balaban J connectivity index is 2.17. The lowest BCUT2D eigenvalue weighted by molar-refractivity contribution is 0.611. The molecule has 0 aliphatic heterocycles. The van der Waals surface area contributed by atoms with E-state index < -0.39 is 0 Å². The van der Waals surface area contributed by atoms with E-state index in [1.165, 1.54) is 11.6 Å². The van der Waals surface area contributed by atoms with Gasteiger partial charge in [0.25, 0.3) is 0 Å². The summed E-state index contributed by atoms with van der Waals surface area (Å²) in [5.74, 6) is 0.481. The van der Waals surface area contributed by atoms with E-state index in [4.69, 9.17) is 0 Å². The first kappa shape index (κ1) is 15.6.